The Balaban J connectivity index is 1.58. The molecule has 1 aromatic carbocycles. The van der Waals surface area contributed by atoms with Gasteiger partial charge in [-0.05, 0) is 37.5 Å². The Labute approximate surface area is 138 Å². The van der Waals surface area contributed by atoms with Crippen LogP contribution in [-0.4, -0.2) is 37.9 Å². The van der Waals surface area contributed by atoms with Crippen LogP contribution < -0.4 is 0 Å². The Hall–Kier alpha value is -1.89. The average molecular weight is 334 g/mol. The van der Waals surface area contributed by atoms with E-state index in [0.29, 0.717) is 24.9 Å². The van der Waals surface area contributed by atoms with Crippen molar-refractivity contribution >= 4 is 17.7 Å². The molecule has 0 bridgehead atoms. The molecule has 0 atom stereocenters. The van der Waals surface area contributed by atoms with Crippen molar-refractivity contribution in [3.05, 3.63) is 42.0 Å². The maximum absolute atomic E-state index is 13.3. The Bertz CT molecular complexity index is 686. The number of carbonyl (C=O) groups excluding carboxylic acids is 1. The summed E-state index contributed by atoms with van der Waals surface area (Å²) in [5, 5.41) is 8.81. The lowest BCUT2D eigenvalue weighted by molar-refractivity contribution is -0.128. The first kappa shape index (κ1) is 16.0. The summed E-state index contributed by atoms with van der Waals surface area (Å²) in [5.41, 5.74) is 0.798. The first-order chi connectivity index (χ1) is 11.2. The number of carbonyl (C=O) groups is 1. The minimum absolute atomic E-state index is 0.0205. The van der Waals surface area contributed by atoms with Crippen molar-refractivity contribution in [2.45, 2.75) is 37.5 Å². The third kappa shape index (κ3) is 4.10. The molecule has 0 spiro atoms. The molecule has 0 N–H and O–H groups in total. The van der Waals surface area contributed by atoms with Crippen molar-refractivity contribution in [1.29, 1.82) is 0 Å². The van der Waals surface area contributed by atoms with E-state index in [1.54, 1.807) is 17.3 Å². The smallest absolute Gasteiger partial charge is 0.233 e. The van der Waals surface area contributed by atoms with E-state index in [4.69, 9.17) is 0 Å². The van der Waals surface area contributed by atoms with E-state index in [-0.39, 0.29) is 11.7 Å². The lowest BCUT2D eigenvalue weighted by Gasteiger charge is -2.20. The average Bonchev–Trinajstić information content (AvgIpc) is 3.28. The third-order valence-corrected chi connectivity index (χ3v) is 4.74. The first-order valence-corrected chi connectivity index (χ1v) is 8.70. The third-order valence-electron chi connectivity index (χ3n) is 3.80. The zero-order valence-corrected chi connectivity index (χ0v) is 13.8. The van der Waals surface area contributed by atoms with Crippen LogP contribution in [0.25, 0.3) is 0 Å². The van der Waals surface area contributed by atoms with Crippen LogP contribution in [0.15, 0.2) is 35.7 Å². The molecule has 0 saturated heterocycles. The standard InChI is InChI=1S/C16H19FN4OS/c1-2-20(9-12-4-3-5-13(17)8-12)15(22)10-23-16-19-18-11-21(16)14-6-7-14/h3-5,8,11,14H,2,6-7,9-10H2,1H3. The number of benzene rings is 1. The Morgan fingerprint density at radius 3 is 3.00 bits per heavy atom. The molecule has 5 nitrogen and oxygen atoms in total. The highest BCUT2D eigenvalue weighted by Gasteiger charge is 2.26. The molecule has 1 aromatic heterocycles. The van der Waals surface area contributed by atoms with E-state index in [2.05, 4.69) is 10.2 Å². The number of aromatic nitrogens is 3. The summed E-state index contributed by atoms with van der Waals surface area (Å²) in [6.07, 6.45) is 4.04. The zero-order valence-electron chi connectivity index (χ0n) is 13.0. The summed E-state index contributed by atoms with van der Waals surface area (Å²) in [6, 6.07) is 6.86. The Kier molecular flexibility index (Phi) is 4.95. The SMILES string of the molecule is CCN(Cc1cccc(F)c1)C(=O)CSc1nncn1C1CC1. The monoisotopic (exact) mass is 334 g/mol. The summed E-state index contributed by atoms with van der Waals surface area (Å²) >= 11 is 1.41. The van der Waals surface area contributed by atoms with Gasteiger partial charge in [0.05, 0.1) is 5.75 Å². The van der Waals surface area contributed by atoms with Crippen LogP contribution in [0, 0.1) is 5.82 Å². The van der Waals surface area contributed by atoms with E-state index in [1.807, 2.05) is 17.6 Å². The second-order valence-corrected chi connectivity index (χ2v) is 6.52. The van der Waals surface area contributed by atoms with E-state index in [0.717, 1.165) is 23.6 Å². The van der Waals surface area contributed by atoms with Crippen LogP contribution >= 0.6 is 11.8 Å². The minimum Gasteiger partial charge on any atom is -0.338 e. The zero-order chi connectivity index (χ0) is 16.2. The van der Waals surface area contributed by atoms with Gasteiger partial charge in [-0.25, -0.2) is 4.39 Å². The molecule has 3 rings (SSSR count). The van der Waals surface area contributed by atoms with Gasteiger partial charge in [0.1, 0.15) is 12.1 Å². The lowest BCUT2D eigenvalue weighted by Crippen LogP contribution is -2.31. The molecular formula is C16H19FN4OS. The quantitative estimate of drug-likeness (QED) is 0.731. The molecule has 1 aliphatic carbocycles. The Morgan fingerprint density at radius 2 is 2.30 bits per heavy atom. The minimum atomic E-state index is -0.280. The molecule has 0 radical (unpaired) electrons. The van der Waals surface area contributed by atoms with Crippen LogP contribution in [0.5, 0.6) is 0 Å². The van der Waals surface area contributed by atoms with Gasteiger partial charge in [0, 0.05) is 19.1 Å². The highest BCUT2D eigenvalue weighted by Crippen LogP contribution is 2.37. The molecule has 0 aliphatic heterocycles. The van der Waals surface area contributed by atoms with Gasteiger partial charge in [-0.1, -0.05) is 23.9 Å². The normalized spacial score (nSPS) is 14.0. The number of hydrogen-bond donors (Lipinski definition) is 0. The number of rotatable bonds is 7. The van der Waals surface area contributed by atoms with Crippen LogP contribution in [0.3, 0.4) is 0 Å². The van der Waals surface area contributed by atoms with Crippen LogP contribution in [-0.2, 0) is 11.3 Å². The van der Waals surface area contributed by atoms with E-state index in [9.17, 15) is 9.18 Å². The predicted molar refractivity (Wildman–Crippen MR) is 86.5 cm³/mol. The summed E-state index contributed by atoms with van der Waals surface area (Å²) in [4.78, 5) is 14.1. The van der Waals surface area contributed by atoms with Crippen LogP contribution in [0.4, 0.5) is 4.39 Å². The first-order valence-electron chi connectivity index (χ1n) is 7.72. The largest absolute Gasteiger partial charge is 0.338 e. The van der Waals surface area contributed by atoms with Gasteiger partial charge in [0.15, 0.2) is 5.16 Å². The number of thioether (sulfide) groups is 1. The second kappa shape index (κ2) is 7.12. The van der Waals surface area contributed by atoms with Gasteiger partial charge in [-0.2, -0.15) is 0 Å². The van der Waals surface area contributed by atoms with Gasteiger partial charge in [0.25, 0.3) is 0 Å². The van der Waals surface area contributed by atoms with Crippen molar-refractivity contribution in [2.24, 2.45) is 0 Å². The van der Waals surface area contributed by atoms with Crippen molar-refractivity contribution in [1.82, 2.24) is 19.7 Å². The molecule has 0 unspecified atom stereocenters. The molecule has 23 heavy (non-hydrogen) atoms. The fraction of sp³-hybridized carbons (Fsp3) is 0.438. The number of hydrogen-bond acceptors (Lipinski definition) is 4. The van der Waals surface area contributed by atoms with Crippen LogP contribution in [0.2, 0.25) is 0 Å². The van der Waals surface area contributed by atoms with Crippen molar-refractivity contribution in [2.75, 3.05) is 12.3 Å². The highest BCUT2D eigenvalue weighted by atomic mass is 32.2. The molecule has 2 aromatic rings. The predicted octanol–water partition coefficient (Wildman–Crippen LogP) is 2.89. The van der Waals surface area contributed by atoms with Crippen molar-refractivity contribution in [3.8, 4) is 0 Å². The van der Waals surface area contributed by atoms with E-state index < -0.39 is 0 Å². The molecular weight excluding hydrogens is 315 g/mol. The maximum atomic E-state index is 13.3. The van der Waals surface area contributed by atoms with Crippen molar-refractivity contribution in [3.63, 3.8) is 0 Å². The fourth-order valence-corrected chi connectivity index (χ4v) is 3.27. The van der Waals surface area contributed by atoms with Gasteiger partial charge in [0.2, 0.25) is 5.91 Å². The Morgan fingerprint density at radius 1 is 1.48 bits per heavy atom. The summed E-state index contributed by atoms with van der Waals surface area (Å²) in [7, 11) is 0. The number of amides is 1. The molecule has 1 fully saturated rings. The molecule has 1 heterocycles. The highest BCUT2D eigenvalue weighted by molar-refractivity contribution is 7.99. The van der Waals surface area contributed by atoms with Gasteiger partial charge >= 0.3 is 0 Å². The molecule has 1 amide bonds. The lowest BCUT2D eigenvalue weighted by atomic mass is 10.2. The summed E-state index contributed by atoms with van der Waals surface area (Å²) in [6.45, 7) is 2.93. The van der Waals surface area contributed by atoms with E-state index in [1.165, 1.54) is 23.9 Å². The molecule has 7 heteroatoms. The van der Waals surface area contributed by atoms with Gasteiger partial charge in [-0.15, -0.1) is 10.2 Å². The van der Waals surface area contributed by atoms with Gasteiger partial charge < -0.3 is 9.47 Å². The second-order valence-electron chi connectivity index (χ2n) is 5.58. The van der Waals surface area contributed by atoms with Gasteiger partial charge in [-0.3, -0.25) is 4.79 Å². The number of nitrogens with zero attached hydrogens (tertiary/aromatic N) is 4. The molecule has 122 valence electrons. The summed E-state index contributed by atoms with van der Waals surface area (Å²) in [5.74, 6) is 0.0548. The number of halogens is 1. The fourth-order valence-electron chi connectivity index (χ4n) is 2.39. The van der Waals surface area contributed by atoms with E-state index >= 15 is 0 Å². The summed E-state index contributed by atoms with van der Waals surface area (Å²) < 4.78 is 15.3. The topological polar surface area (TPSA) is 51.0 Å². The molecule has 1 aliphatic rings. The van der Waals surface area contributed by atoms with Crippen molar-refractivity contribution < 1.29 is 9.18 Å². The molecule has 1 saturated carbocycles. The maximum Gasteiger partial charge on any atom is 0.233 e. The van der Waals surface area contributed by atoms with Crippen LogP contribution in [0.1, 0.15) is 31.4 Å².